The SMILES string of the molecule is CCOc1ccc(NC(=O)C[C@@H]2SC(=Nc3ccc(F)cc3)N(Cc3ccc(OC)cc3)C2=O)cc1. The fraction of sp³-hybridized carbons (Fsp3) is 0.222. The molecule has 3 aromatic carbocycles. The molecule has 4 rings (SSSR count). The topological polar surface area (TPSA) is 80.2 Å². The molecular formula is C27H26FN3O4S. The molecule has 36 heavy (non-hydrogen) atoms. The number of benzene rings is 3. The van der Waals surface area contributed by atoms with E-state index in [9.17, 15) is 14.0 Å². The first-order chi connectivity index (χ1) is 17.4. The van der Waals surface area contributed by atoms with Gasteiger partial charge in [-0.15, -0.1) is 0 Å². The van der Waals surface area contributed by atoms with Gasteiger partial charge in [-0.2, -0.15) is 0 Å². The van der Waals surface area contributed by atoms with Crippen LogP contribution in [-0.2, 0) is 16.1 Å². The molecule has 3 aromatic rings. The fourth-order valence-electron chi connectivity index (χ4n) is 3.59. The maximum Gasteiger partial charge on any atom is 0.242 e. The quantitative estimate of drug-likeness (QED) is 0.420. The lowest BCUT2D eigenvalue weighted by atomic mass is 10.2. The van der Waals surface area contributed by atoms with Gasteiger partial charge in [-0.3, -0.25) is 14.5 Å². The number of amidine groups is 1. The van der Waals surface area contributed by atoms with E-state index in [-0.39, 0.29) is 30.6 Å². The van der Waals surface area contributed by atoms with Crippen molar-refractivity contribution in [3.8, 4) is 11.5 Å². The van der Waals surface area contributed by atoms with Crippen LogP contribution in [0.5, 0.6) is 11.5 Å². The Balaban J connectivity index is 1.50. The summed E-state index contributed by atoms with van der Waals surface area (Å²) in [6.07, 6.45) is -0.0156. The molecule has 1 atom stereocenters. The molecule has 0 aromatic heterocycles. The molecule has 1 aliphatic rings. The summed E-state index contributed by atoms with van der Waals surface area (Å²) in [4.78, 5) is 32.2. The number of hydrogen-bond acceptors (Lipinski definition) is 6. The number of amides is 2. The molecule has 0 unspecified atom stereocenters. The van der Waals surface area contributed by atoms with Crippen molar-refractivity contribution in [1.29, 1.82) is 0 Å². The van der Waals surface area contributed by atoms with Crippen molar-refractivity contribution >= 4 is 40.1 Å². The van der Waals surface area contributed by atoms with Crippen LogP contribution in [0.4, 0.5) is 15.8 Å². The van der Waals surface area contributed by atoms with Crippen molar-refractivity contribution < 1.29 is 23.5 Å². The Labute approximate surface area is 213 Å². The van der Waals surface area contributed by atoms with Crippen molar-refractivity contribution in [3.05, 3.63) is 84.2 Å². The minimum absolute atomic E-state index is 0.0156. The van der Waals surface area contributed by atoms with Crippen molar-refractivity contribution in [2.24, 2.45) is 4.99 Å². The van der Waals surface area contributed by atoms with Crippen LogP contribution in [0.1, 0.15) is 18.9 Å². The zero-order valence-corrected chi connectivity index (χ0v) is 20.8. The minimum Gasteiger partial charge on any atom is -0.497 e. The lowest BCUT2D eigenvalue weighted by Crippen LogP contribution is -2.33. The highest BCUT2D eigenvalue weighted by atomic mass is 32.2. The third kappa shape index (κ3) is 6.42. The summed E-state index contributed by atoms with van der Waals surface area (Å²) in [7, 11) is 1.59. The van der Waals surface area contributed by atoms with Crippen LogP contribution >= 0.6 is 11.8 Å². The van der Waals surface area contributed by atoms with Crippen molar-refractivity contribution in [2.75, 3.05) is 19.0 Å². The maximum absolute atomic E-state index is 13.4. The summed E-state index contributed by atoms with van der Waals surface area (Å²) in [5.41, 5.74) is 2.02. The van der Waals surface area contributed by atoms with Gasteiger partial charge >= 0.3 is 0 Å². The number of thioether (sulfide) groups is 1. The molecule has 2 amide bonds. The number of carbonyl (C=O) groups excluding carboxylic acids is 2. The standard InChI is InChI=1S/C27H26FN3O4S/c1-3-35-23-14-10-20(11-15-23)29-25(32)16-24-26(33)31(17-18-4-12-22(34-2)13-5-18)27(36-24)30-21-8-6-19(28)7-9-21/h4-15,24H,3,16-17H2,1-2H3,(H,29,32)/t24-/m0/s1. The molecular weight excluding hydrogens is 481 g/mol. The van der Waals surface area contributed by atoms with Gasteiger partial charge in [0.2, 0.25) is 11.8 Å². The second-order valence-electron chi connectivity index (χ2n) is 7.96. The van der Waals surface area contributed by atoms with E-state index >= 15 is 0 Å². The maximum atomic E-state index is 13.4. The smallest absolute Gasteiger partial charge is 0.242 e. The molecule has 1 saturated heterocycles. The van der Waals surface area contributed by atoms with E-state index in [1.54, 1.807) is 48.4 Å². The highest BCUT2D eigenvalue weighted by molar-refractivity contribution is 8.15. The van der Waals surface area contributed by atoms with E-state index < -0.39 is 5.25 Å². The molecule has 0 bridgehead atoms. The van der Waals surface area contributed by atoms with Crippen LogP contribution in [0.15, 0.2) is 77.8 Å². The molecule has 186 valence electrons. The van der Waals surface area contributed by atoms with E-state index in [4.69, 9.17) is 9.47 Å². The van der Waals surface area contributed by atoms with Gasteiger partial charge in [-0.1, -0.05) is 23.9 Å². The normalized spacial score (nSPS) is 16.3. The molecule has 1 N–H and O–H groups in total. The predicted molar refractivity (Wildman–Crippen MR) is 139 cm³/mol. The number of ether oxygens (including phenoxy) is 2. The number of carbonyl (C=O) groups is 2. The van der Waals surface area contributed by atoms with Crippen molar-refractivity contribution in [2.45, 2.75) is 25.1 Å². The second-order valence-corrected chi connectivity index (χ2v) is 9.13. The van der Waals surface area contributed by atoms with Gasteiger partial charge in [-0.05, 0) is 73.2 Å². The summed E-state index contributed by atoms with van der Waals surface area (Å²) in [6.45, 7) is 2.74. The van der Waals surface area contributed by atoms with E-state index in [0.29, 0.717) is 34.6 Å². The van der Waals surface area contributed by atoms with Crippen molar-refractivity contribution in [1.82, 2.24) is 4.90 Å². The highest BCUT2D eigenvalue weighted by Crippen LogP contribution is 2.33. The average molecular weight is 508 g/mol. The van der Waals surface area contributed by atoms with Crippen LogP contribution in [0.25, 0.3) is 0 Å². The number of methoxy groups -OCH3 is 1. The van der Waals surface area contributed by atoms with Gasteiger partial charge in [0.25, 0.3) is 0 Å². The number of anilines is 1. The van der Waals surface area contributed by atoms with E-state index in [0.717, 1.165) is 5.56 Å². The third-order valence-corrected chi connectivity index (χ3v) is 6.57. The van der Waals surface area contributed by atoms with Gasteiger partial charge in [-0.25, -0.2) is 9.38 Å². The van der Waals surface area contributed by atoms with Gasteiger partial charge < -0.3 is 14.8 Å². The molecule has 0 spiro atoms. The Hall–Kier alpha value is -3.85. The molecule has 7 nitrogen and oxygen atoms in total. The zero-order chi connectivity index (χ0) is 25.5. The lowest BCUT2D eigenvalue weighted by Gasteiger charge is -2.17. The molecule has 9 heteroatoms. The largest absolute Gasteiger partial charge is 0.497 e. The van der Waals surface area contributed by atoms with Crippen LogP contribution in [0.3, 0.4) is 0 Å². The molecule has 1 heterocycles. The number of halogens is 1. The Morgan fingerprint density at radius 2 is 1.69 bits per heavy atom. The summed E-state index contributed by atoms with van der Waals surface area (Å²) < 4.78 is 24.0. The number of hydrogen-bond donors (Lipinski definition) is 1. The summed E-state index contributed by atoms with van der Waals surface area (Å²) in [5, 5.41) is 2.66. The first-order valence-corrected chi connectivity index (χ1v) is 12.3. The van der Waals surface area contributed by atoms with E-state index in [2.05, 4.69) is 10.3 Å². The number of aliphatic imine (C=N–C) groups is 1. The Bertz CT molecular complexity index is 1230. The van der Waals surface area contributed by atoms with Gasteiger partial charge in [0.15, 0.2) is 5.17 Å². The third-order valence-electron chi connectivity index (χ3n) is 5.39. The first kappa shape index (κ1) is 25.2. The van der Waals surface area contributed by atoms with E-state index in [1.165, 1.54) is 23.9 Å². The monoisotopic (exact) mass is 507 g/mol. The minimum atomic E-state index is -0.634. The number of nitrogens with one attached hydrogen (secondary N) is 1. The Kier molecular flexibility index (Phi) is 8.22. The predicted octanol–water partition coefficient (Wildman–Crippen LogP) is 5.39. The number of nitrogens with zero attached hydrogens (tertiary/aromatic N) is 2. The zero-order valence-electron chi connectivity index (χ0n) is 19.9. The average Bonchev–Trinajstić information content (AvgIpc) is 3.16. The Morgan fingerprint density at radius 1 is 1.03 bits per heavy atom. The summed E-state index contributed by atoms with van der Waals surface area (Å²) in [5.74, 6) is 0.571. The fourth-order valence-corrected chi connectivity index (χ4v) is 4.75. The summed E-state index contributed by atoms with van der Waals surface area (Å²) >= 11 is 1.23. The number of rotatable bonds is 9. The van der Waals surface area contributed by atoms with Gasteiger partial charge in [0, 0.05) is 12.1 Å². The summed E-state index contributed by atoms with van der Waals surface area (Å²) in [6, 6.07) is 20.2. The van der Waals surface area contributed by atoms with Crippen LogP contribution in [-0.4, -0.2) is 40.8 Å². The molecule has 1 fully saturated rings. The van der Waals surface area contributed by atoms with Crippen molar-refractivity contribution in [3.63, 3.8) is 0 Å². The lowest BCUT2D eigenvalue weighted by molar-refractivity contribution is -0.128. The Morgan fingerprint density at radius 3 is 2.33 bits per heavy atom. The second kappa shape index (κ2) is 11.7. The molecule has 0 saturated carbocycles. The molecule has 1 aliphatic heterocycles. The van der Waals surface area contributed by atoms with E-state index in [1.807, 2.05) is 31.2 Å². The van der Waals surface area contributed by atoms with Crippen LogP contribution < -0.4 is 14.8 Å². The highest BCUT2D eigenvalue weighted by Gasteiger charge is 2.39. The first-order valence-electron chi connectivity index (χ1n) is 11.4. The van der Waals surface area contributed by atoms with Gasteiger partial charge in [0.1, 0.15) is 22.6 Å². The molecule has 0 radical (unpaired) electrons. The van der Waals surface area contributed by atoms with Gasteiger partial charge in [0.05, 0.1) is 25.9 Å². The van der Waals surface area contributed by atoms with Crippen LogP contribution in [0.2, 0.25) is 0 Å². The van der Waals surface area contributed by atoms with Crippen LogP contribution in [0, 0.1) is 5.82 Å². The molecule has 0 aliphatic carbocycles.